The van der Waals surface area contributed by atoms with Gasteiger partial charge in [0.05, 0.1) is 19.1 Å². The van der Waals surface area contributed by atoms with Gasteiger partial charge in [-0.1, -0.05) is 31.2 Å². The van der Waals surface area contributed by atoms with Gasteiger partial charge in [0.2, 0.25) is 21.8 Å². The molecule has 0 aliphatic carbocycles. The third kappa shape index (κ3) is 8.77. The maximum Gasteiger partial charge on any atom is 0.242 e. The number of anilines is 1. The van der Waals surface area contributed by atoms with Crippen LogP contribution < -0.4 is 14.4 Å². The van der Waals surface area contributed by atoms with E-state index in [2.05, 4.69) is 5.32 Å². The van der Waals surface area contributed by atoms with E-state index in [1.807, 2.05) is 70.2 Å². The van der Waals surface area contributed by atoms with Crippen molar-refractivity contribution in [3.8, 4) is 5.75 Å². The molecule has 2 aromatic carbocycles. The van der Waals surface area contributed by atoms with Crippen LogP contribution in [0.25, 0.3) is 0 Å². The van der Waals surface area contributed by atoms with Crippen LogP contribution in [0.15, 0.2) is 42.5 Å². The first-order valence-corrected chi connectivity index (χ1v) is 14.5. The first kappa shape index (κ1) is 30.2. The van der Waals surface area contributed by atoms with Crippen LogP contribution in [0.3, 0.4) is 0 Å². The molecule has 0 heterocycles. The molecule has 0 aliphatic rings. The van der Waals surface area contributed by atoms with E-state index in [0.29, 0.717) is 17.9 Å². The van der Waals surface area contributed by atoms with Crippen molar-refractivity contribution in [3.05, 3.63) is 59.2 Å². The lowest BCUT2D eigenvalue weighted by Crippen LogP contribution is -2.49. The van der Waals surface area contributed by atoms with Crippen LogP contribution in [0.2, 0.25) is 0 Å². The smallest absolute Gasteiger partial charge is 0.242 e. The topological polar surface area (TPSA) is 96.0 Å². The van der Waals surface area contributed by atoms with E-state index in [-0.39, 0.29) is 37.4 Å². The summed E-state index contributed by atoms with van der Waals surface area (Å²) in [4.78, 5) is 27.9. The fourth-order valence-electron chi connectivity index (χ4n) is 3.99. The molecule has 9 heteroatoms. The molecule has 2 amide bonds. The zero-order valence-electron chi connectivity index (χ0n) is 23.1. The zero-order chi connectivity index (χ0) is 27.8. The monoisotopic (exact) mass is 531 g/mol. The molecule has 2 rings (SSSR count). The van der Waals surface area contributed by atoms with Gasteiger partial charge in [0, 0.05) is 25.6 Å². The number of sulfonamides is 1. The van der Waals surface area contributed by atoms with E-state index in [9.17, 15) is 18.0 Å². The molecule has 0 radical (unpaired) electrons. The molecule has 0 unspecified atom stereocenters. The molecule has 0 aromatic heterocycles. The number of ether oxygens (including phenoxy) is 1. The van der Waals surface area contributed by atoms with Crippen molar-refractivity contribution in [2.24, 2.45) is 0 Å². The summed E-state index contributed by atoms with van der Waals surface area (Å²) in [5.74, 6) is 0.224. The minimum atomic E-state index is -3.55. The minimum absolute atomic E-state index is 0.00962. The summed E-state index contributed by atoms with van der Waals surface area (Å²) < 4.78 is 31.9. The number of hydrogen-bond acceptors (Lipinski definition) is 5. The number of nitrogens with zero attached hydrogens (tertiary/aromatic N) is 2. The second-order valence-corrected chi connectivity index (χ2v) is 11.5. The van der Waals surface area contributed by atoms with Gasteiger partial charge in [-0.25, -0.2) is 8.42 Å². The SMILES string of the molecule is CC[C@@H](C)NC(=O)[C@H](C)N(Cc1cccc(OC)c1)C(=O)CCCN(c1cc(C)ccc1C)S(C)(=O)=O. The predicted octanol–water partition coefficient (Wildman–Crippen LogP) is 4.19. The minimum Gasteiger partial charge on any atom is -0.497 e. The molecule has 204 valence electrons. The number of amides is 2. The predicted molar refractivity (Wildman–Crippen MR) is 148 cm³/mol. The average Bonchev–Trinajstić information content (AvgIpc) is 2.85. The van der Waals surface area contributed by atoms with Crippen LogP contribution in [0.5, 0.6) is 5.75 Å². The second-order valence-electron chi connectivity index (χ2n) is 9.60. The number of aryl methyl sites for hydroxylation is 2. The number of rotatable bonds is 13. The molecular formula is C28H41N3O5S. The van der Waals surface area contributed by atoms with Crippen molar-refractivity contribution >= 4 is 27.5 Å². The molecule has 0 saturated heterocycles. The van der Waals surface area contributed by atoms with Crippen molar-refractivity contribution in [2.75, 3.05) is 24.2 Å². The van der Waals surface area contributed by atoms with E-state index in [1.165, 1.54) is 10.6 Å². The van der Waals surface area contributed by atoms with Crippen molar-refractivity contribution in [3.63, 3.8) is 0 Å². The van der Waals surface area contributed by atoms with Crippen molar-refractivity contribution < 1.29 is 22.7 Å². The molecule has 1 N–H and O–H groups in total. The Hall–Kier alpha value is -3.07. The van der Waals surface area contributed by atoms with Crippen molar-refractivity contribution in [1.29, 1.82) is 0 Å². The van der Waals surface area contributed by atoms with Gasteiger partial charge in [0.1, 0.15) is 11.8 Å². The standard InChI is InChI=1S/C28H41N3O5S/c1-8-22(4)29-28(33)23(5)30(19-24-11-9-12-25(18-24)36-6)27(32)13-10-16-31(37(7,34)35)26-17-20(2)14-15-21(26)3/h9,11-12,14-15,17-18,22-23H,8,10,13,16,19H2,1-7H3,(H,29,33)/t22-,23+/m1/s1. The highest BCUT2D eigenvalue weighted by Crippen LogP contribution is 2.25. The van der Waals surface area contributed by atoms with Gasteiger partial charge in [-0.2, -0.15) is 0 Å². The Bertz CT molecular complexity index is 1180. The van der Waals surface area contributed by atoms with Gasteiger partial charge >= 0.3 is 0 Å². The number of carbonyl (C=O) groups is 2. The lowest BCUT2D eigenvalue weighted by atomic mass is 10.1. The van der Waals surface area contributed by atoms with Crippen LogP contribution in [-0.2, 0) is 26.2 Å². The summed E-state index contributed by atoms with van der Waals surface area (Å²) in [6.45, 7) is 9.80. The van der Waals surface area contributed by atoms with E-state index in [0.717, 1.165) is 23.1 Å². The van der Waals surface area contributed by atoms with Crippen LogP contribution in [0.1, 0.15) is 56.7 Å². The Morgan fingerprint density at radius 2 is 1.78 bits per heavy atom. The number of carbonyl (C=O) groups excluding carboxylic acids is 2. The van der Waals surface area contributed by atoms with Crippen LogP contribution >= 0.6 is 0 Å². The molecule has 37 heavy (non-hydrogen) atoms. The van der Waals surface area contributed by atoms with Crippen molar-refractivity contribution in [2.45, 2.75) is 72.5 Å². The summed E-state index contributed by atoms with van der Waals surface area (Å²) in [6.07, 6.45) is 2.37. The zero-order valence-corrected chi connectivity index (χ0v) is 23.9. The van der Waals surface area contributed by atoms with Gasteiger partial charge < -0.3 is 15.0 Å². The molecule has 0 bridgehead atoms. The maximum absolute atomic E-state index is 13.4. The van der Waals surface area contributed by atoms with E-state index in [1.54, 1.807) is 18.9 Å². The van der Waals surface area contributed by atoms with Gasteiger partial charge in [-0.05, 0) is 75.4 Å². The third-order valence-corrected chi connectivity index (χ3v) is 7.62. The lowest BCUT2D eigenvalue weighted by Gasteiger charge is -2.30. The summed E-state index contributed by atoms with van der Waals surface area (Å²) in [6, 6.07) is 12.3. The number of methoxy groups -OCH3 is 1. The molecule has 0 spiro atoms. The second kappa shape index (κ2) is 13.5. The molecule has 8 nitrogen and oxygen atoms in total. The maximum atomic E-state index is 13.4. The van der Waals surface area contributed by atoms with Gasteiger partial charge in [-0.15, -0.1) is 0 Å². The van der Waals surface area contributed by atoms with Crippen molar-refractivity contribution in [1.82, 2.24) is 10.2 Å². The summed E-state index contributed by atoms with van der Waals surface area (Å²) in [7, 11) is -1.97. The Morgan fingerprint density at radius 1 is 1.08 bits per heavy atom. The van der Waals surface area contributed by atoms with Crippen LogP contribution in [0, 0.1) is 13.8 Å². The lowest BCUT2D eigenvalue weighted by molar-refractivity contribution is -0.140. The highest BCUT2D eigenvalue weighted by Gasteiger charge is 2.27. The molecule has 2 atom stereocenters. The number of benzene rings is 2. The third-order valence-electron chi connectivity index (χ3n) is 6.44. The fraction of sp³-hybridized carbons (Fsp3) is 0.500. The van der Waals surface area contributed by atoms with E-state index >= 15 is 0 Å². The summed E-state index contributed by atoms with van der Waals surface area (Å²) >= 11 is 0. The molecular weight excluding hydrogens is 490 g/mol. The van der Waals surface area contributed by atoms with Gasteiger partial charge in [-0.3, -0.25) is 13.9 Å². The highest BCUT2D eigenvalue weighted by molar-refractivity contribution is 7.92. The molecule has 2 aromatic rings. The quantitative estimate of drug-likeness (QED) is 0.418. The first-order valence-electron chi connectivity index (χ1n) is 12.6. The van der Waals surface area contributed by atoms with E-state index < -0.39 is 16.1 Å². The highest BCUT2D eigenvalue weighted by atomic mass is 32.2. The molecule has 0 saturated carbocycles. The molecule has 0 fully saturated rings. The number of nitrogens with one attached hydrogen (secondary N) is 1. The Balaban J connectivity index is 2.23. The first-order chi connectivity index (χ1) is 17.4. The Morgan fingerprint density at radius 3 is 2.41 bits per heavy atom. The number of hydrogen-bond donors (Lipinski definition) is 1. The average molecular weight is 532 g/mol. The van der Waals surface area contributed by atoms with Gasteiger partial charge in [0.25, 0.3) is 0 Å². The van der Waals surface area contributed by atoms with Crippen LogP contribution in [-0.4, -0.2) is 57.1 Å². The summed E-state index contributed by atoms with van der Waals surface area (Å²) in [5.41, 5.74) is 3.25. The van der Waals surface area contributed by atoms with E-state index in [4.69, 9.17) is 4.74 Å². The van der Waals surface area contributed by atoms with Gasteiger partial charge in [0.15, 0.2) is 0 Å². The Labute approximate surface area is 222 Å². The van der Waals surface area contributed by atoms with Crippen LogP contribution in [0.4, 0.5) is 5.69 Å². The Kier molecular flexibility index (Phi) is 11.0. The normalized spacial score (nSPS) is 12.9. The largest absolute Gasteiger partial charge is 0.497 e. The summed E-state index contributed by atoms with van der Waals surface area (Å²) in [5, 5.41) is 2.96. The molecule has 0 aliphatic heterocycles. The fourth-order valence-corrected chi connectivity index (χ4v) is 5.00.